The molecule has 0 radical (unpaired) electrons. The Morgan fingerprint density at radius 1 is 1.24 bits per heavy atom. The van der Waals surface area contributed by atoms with Gasteiger partial charge in [-0.2, -0.15) is 0 Å². The van der Waals surface area contributed by atoms with Gasteiger partial charge in [-0.3, -0.25) is 0 Å². The van der Waals surface area contributed by atoms with Crippen LogP contribution in [0.3, 0.4) is 0 Å². The summed E-state index contributed by atoms with van der Waals surface area (Å²) in [5.74, 6) is 3.91. The Bertz CT molecular complexity index is 323. The molecule has 3 heteroatoms. The average Bonchev–Trinajstić information content (AvgIpc) is 2.11. The fourth-order valence-corrected chi connectivity index (χ4v) is 5.42. The molecule has 17 heavy (non-hydrogen) atoms. The summed E-state index contributed by atoms with van der Waals surface area (Å²) in [4.78, 5) is 11.1. The van der Waals surface area contributed by atoms with E-state index in [-0.39, 0.29) is 5.60 Å². The van der Waals surface area contributed by atoms with Gasteiger partial charge in [0, 0.05) is 0 Å². The van der Waals surface area contributed by atoms with Crippen LogP contribution in [0.25, 0.3) is 0 Å². The molecule has 4 bridgehead atoms. The predicted octanol–water partition coefficient (Wildman–Crippen LogP) is 2.93. The molecular formula is C14H23NO2. The lowest BCUT2D eigenvalue weighted by molar-refractivity contribution is -0.159. The Morgan fingerprint density at radius 2 is 1.82 bits per heavy atom. The molecule has 3 nitrogen and oxygen atoms in total. The molecule has 4 aliphatic carbocycles. The average molecular weight is 237 g/mol. The summed E-state index contributed by atoms with van der Waals surface area (Å²) >= 11 is 0. The van der Waals surface area contributed by atoms with Gasteiger partial charge in [0.15, 0.2) is 0 Å². The van der Waals surface area contributed by atoms with Crippen LogP contribution in [0.1, 0.15) is 46.0 Å². The quantitative estimate of drug-likeness (QED) is 0.802. The molecule has 96 valence electrons. The van der Waals surface area contributed by atoms with Gasteiger partial charge in [-0.1, -0.05) is 13.8 Å². The van der Waals surface area contributed by atoms with Crippen LogP contribution in [0.5, 0.6) is 0 Å². The number of hydrogen-bond acceptors (Lipinski definition) is 2. The Morgan fingerprint density at radius 3 is 2.29 bits per heavy atom. The first-order chi connectivity index (χ1) is 7.99. The second kappa shape index (κ2) is 3.63. The zero-order valence-corrected chi connectivity index (χ0v) is 10.8. The summed E-state index contributed by atoms with van der Waals surface area (Å²) in [5.41, 5.74) is 5.06. The number of nitrogens with two attached hydrogens (primary N) is 1. The summed E-state index contributed by atoms with van der Waals surface area (Å²) in [6.07, 6.45) is 5.31. The van der Waals surface area contributed by atoms with Crippen molar-refractivity contribution in [2.75, 3.05) is 0 Å². The highest BCUT2D eigenvalue weighted by atomic mass is 16.6. The molecule has 0 heterocycles. The van der Waals surface area contributed by atoms with E-state index in [1.54, 1.807) is 0 Å². The molecule has 4 aliphatic rings. The van der Waals surface area contributed by atoms with Crippen molar-refractivity contribution in [2.45, 2.75) is 51.6 Å². The van der Waals surface area contributed by atoms with Crippen LogP contribution >= 0.6 is 0 Å². The van der Waals surface area contributed by atoms with Crippen molar-refractivity contribution >= 4 is 6.09 Å². The Hall–Kier alpha value is -0.730. The van der Waals surface area contributed by atoms with Gasteiger partial charge in [-0.25, -0.2) is 4.79 Å². The highest BCUT2D eigenvalue weighted by molar-refractivity contribution is 5.65. The monoisotopic (exact) mass is 237 g/mol. The Labute approximate surface area is 103 Å². The maximum Gasteiger partial charge on any atom is 0.405 e. The van der Waals surface area contributed by atoms with Gasteiger partial charge in [-0.05, 0) is 61.7 Å². The van der Waals surface area contributed by atoms with Gasteiger partial charge in [0.1, 0.15) is 5.60 Å². The van der Waals surface area contributed by atoms with E-state index >= 15 is 0 Å². The summed E-state index contributed by atoms with van der Waals surface area (Å²) in [5, 5.41) is 0. The van der Waals surface area contributed by atoms with E-state index in [1.165, 1.54) is 12.8 Å². The SMILES string of the molecule is CC(C)[C@H]1C2CC3CC1C[C@](OC(N)=O)(C3)C2. The molecule has 4 saturated carbocycles. The maximum atomic E-state index is 11.1. The van der Waals surface area contributed by atoms with E-state index in [1.807, 2.05) is 0 Å². The van der Waals surface area contributed by atoms with Crippen LogP contribution in [0.4, 0.5) is 4.79 Å². The van der Waals surface area contributed by atoms with E-state index in [9.17, 15) is 4.79 Å². The number of carbonyl (C=O) groups is 1. The number of ether oxygens (including phenoxy) is 1. The van der Waals surface area contributed by atoms with Crippen LogP contribution in [-0.2, 0) is 4.74 Å². The molecule has 0 aromatic carbocycles. The first kappa shape index (κ1) is 11.4. The topological polar surface area (TPSA) is 52.3 Å². The first-order valence-corrected chi connectivity index (χ1v) is 6.97. The van der Waals surface area contributed by atoms with Gasteiger partial charge in [0.2, 0.25) is 0 Å². The highest BCUT2D eigenvalue weighted by Gasteiger charge is 2.57. The largest absolute Gasteiger partial charge is 0.443 e. The van der Waals surface area contributed by atoms with Gasteiger partial charge >= 0.3 is 6.09 Å². The molecule has 4 fully saturated rings. The molecule has 2 atom stereocenters. The number of rotatable bonds is 2. The highest BCUT2D eigenvalue weighted by Crippen LogP contribution is 2.61. The predicted molar refractivity (Wildman–Crippen MR) is 65.3 cm³/mol. The van der Waals surface area contributed by atoms with Crippen LogP contribution in [0.15, 0.2) is 0 Å². The molecular weight excluding hydrogens is 214 g/mol. The van der Waals surface area contributed by atoms with Crippen molar-refractivity contribution < 1.29 is 9.53 Å². The van der Waals surface area contributed by atoms with Crippen LogP contribution in [0.2, 0.25) is 0 Å². The number of amides is 1. The van der Waals surface area contributed by atoms with E-state index in [4.69, 9.17) is 10.5 Å². The number of hydrogen-bond donors (Lipinski definition) is 1. The van der Waals surface area contributed by atoms with Crippen molar-refractivity contribution in [3.63, 3.8) is 0 Å². The van der Waals surface area contributed by atoms with Gasteiger partial charge in [0.05, 0.1) is 0 Å². The van der Waals surface area contributed by atoms with E-state index < -0.39 is 6.09 Å². The van der Waals surface area contributed by atoms with E-state index in [2.05, 4.69) is 13.8 Å². The van der Waals surface area contributed by atoms with Crippen LogP contribution in [0, 0.1) is 29.6 Å². The molecule has 4 rings (SSSR count). The second-order valence-electron chi connectivity index (χ2n) is 6.90. The fraction of sp³-hybridized carbons (Fsp3) is 0.929. The van der Waals surface area contributed by atoms with Gasteiger partial charge < -0.3 is 10.5 Å². The summed E-state index contributed by atoms with van der Waals surface area (Å²) in [7, 11) is 0. The zero-order valence-electron chi connectivity index (χ0n) is 10.8. The Balaban J connectivity index is 1.84. The third kappa shape index (κ3) is 1.74. The van der Waals surface area contributed by atoms with Gasteiger partial charge in [-0.15, -0.1) is 0 Å². The minimum Gasteiger partial charge on any atom is -0.443 e. The lowest BCUT2D eigenvalue weighted by Crippen LogP contribution is -2.57. The van der Waals surface area contributed by atoms with Crippen LogP contribution < -0.4 is 5.73 Å². The van der Waals surface area contributed by atoms with Crippen LogP contribution in [-0.4, -0.2) is 11.7 Å². The van der Waals surface area contributed by atoms with Gasteiger partial charge in [0.25, 0.3) is 0 Å². The van der Waals surface area contributed by atoms with Crippen molar-refractivity contribution in [1.82, 2.24) is 0 Å². The van der Waals surface area contributed by atoms with Crippen molar-refractivity contribution in [2.24, 2.45) is 35.3 Å². The molecule has 2 unspecified atom stereocenters. The lowest BCUT2D eigenvalue weighted by Gasteiger charge is -2.60. The Kier molecular flexibility index (Phi) is 2.43. The first-order valence-electron chi connectivity index (χ1n) is 6.97. The smallest absolute Gasteiger partial charge is 0.405 e. The maximum absolute atomic E-state index is 11.1. The summed E-state index contributed by atoms with van der Waals surface area (Å²) in [6, 6.07) is 0. The normalized spacial score (nSPS) is 47.5. The molecule has 0 aromatic heterocycles. The lowest BCUT2D eigenvalue weighted by atomic mass is 9.48. The molecule has 0 spiro atoms. The standard InChI is InChI=1S/C14H23NO2/c1-8(2)12-10-3-9-4-11(12)7-14(5-9,6-10)17-13(15)16/h8-12H,3-7H2,1-2H3,(H2,15,16)/t9?,10?,11?,12-,14-. The molecule has 0 saturated heterocycles. The minimum atomic E-state index is -0.576. The third-order valence-corrected chi connectivity index (χ3v) is 5.38. The summed E-state index contributed by atoms with van der Waals surface area (Å²) in [6.45, 7) is 4.68. The minimum absolute atomic E-state index is 0.187. The van der Waals surface area contributed by atoms with Crippen molar-refractivity contribution in [3.8, 4) is 0 Å². The number of primary amides is 1. The zero-order chi connectivity index (χ0) is 12.2. The van der Waals surface area contributed by atoms with E-state index in [0.717, 1.165) is 48.9 Å². The second-order valence-corrected chi connectivity index (χ2v) is 6.90. The van der Waals surface area contributed by atoms with Crippen molar-refractivity contribution in [1.29, 1.82) is 0 Å². The van der Waals surface area contributed by atoms with Crippen molar-refractivity contribution in [3.05, 3.63) is 0 Å². The fourth-order valence-electron chi connectivity index (χ4n) is 5.42. The molecule has 1 amide bonds. The third-order valence-electron chi connectivity index (χ3n) is 5.38. The number of carbonyl (C=O) groups excluding carboxylic acids is 1. The molecule has 2 N–H and O–H groups in total. The molecule has 0 aromatic rings. The van der Waals surface area contributed by atoms with E-state index in [0.29, 0.717) is 0 Å². The molecule has 0 aliphatic heterocycles. The summed E-state index contributed by atoms with van der Waals surface area (Å²) < 4.78 is 5.52.